The zero-order valence-corrected chi connectivity index (χ0v) is 17.6. The van der Waals surface area contributed by atoms with Gasteiger partial charge in [0.2, 0.25) is 15.9 Å². The maximum atomic E-state index is 13.2. The molecule has 156 valence electrons. The minimum Gasteiger partial charge on any atom is -0.497 e. The summed E-state index contributed by atoms with van der Waals surface area (Å²) in [6, 6.07) is 5.77. The monoisotopic (exact) mass is 412 g/mol. The topological polar surface area (TPSA) is 93.2 Å². The lowest BCUT2D eigenvalue weighted by molar-refractivity contribution is -0.149. The second kappa shape index (κ2) is 9.27. The number of rotatable bonds is 7. The molecule has 0 aromatic heterocycles. The van der Waals surface area contributed by atoms with Crippen molar-refractivity contribution in [1.29, 1.82) is 0 Å². The molecular weight excluding hydrogens is 384 g/mol. The van der Waals surface area contributed by atoms with Crippen LogP contribution in [0.25, 0.3) is 0 Å². The molecule has 1 fully saturated rings. The van der Waals surface area contributed by atoms with E-state index in [9.17, 15) is 18.0 Å². The first-order valence-electron chi connectivity index (χ1n) is 9.23. The van der Waals surface area contributed by atoms with Gasteiger partial charge in [0, 0.05) is 19.2 Å². The third-order valence-electron chi connectivity index (χ3n) is 4.96. The van der Waals surface area contributed by atoms with E-state index in [4.69, 9.17) is 9.47 Å². The Bertz CT molecular complexity index is 802. The molecular formula is C19H28N2O6S. The zero-order valence-electron chi connectivity index (χ0n) is 16.8. The van der Waals surface area contributed by atoms with Gasteiger partial charge in [0.05, 0.1) is 32.1 Å². The van der Waals surface area contributed by atoms with Crippen LogP contribution in [0.2, 0.25) is 0 Å². The second-order valence-corrected chi connectivity index (χ2v) is 8.67. The van der Waals surface area contributed by atoms with Gasteiger partial charge in [-0.3, -0.25) is 13.9 Å². The second-order valence-electron chi connectivity index (χ2n) is 6.81. The van der Waals surface area contributed by atoms with Gasteiger partial charge in [-0.05, 0) is 31.4 Å². The summed E-state index contributed by atoms with van der Waals surface area (Å²) >= 11 is 0. The highest BCUT2D eigenvalue weighted by Crippen LogP contribution is 2.28. The molecule has 28 heavy (non-hydrogen) atoms. The van der Waals surface area contributed by atoms with Crippen LogP contribution in [-0.4, -0.2) is 64.8 Å². The van der Waals surface area contributed by atoms with Gasteiger partial charge in [-0.15, -0.1) is 0 Å². The van der Waals surface area contributed by atoms with Gasteiger partial charge in [-0.2, -0.15) is 0 Å². The van der Waals surface area contributed by atoms with E-state index in [1.165, 1.54) is 14.2 Å². The lowest BCUT2D eigenvalue weighted by atomic mass is 9.96. The Hall–Kier alpha value is -2.29. The number of amides is 1. The molecule has 9 heteroatoms. The van der Waals surface area contributed by atoms with Gasteiger partial charge in [0.1, 0.15) is 11.8 Å². The molecule has 0 bridgehead atoms. The molecule has 0 N–H and O–H groups in total. The summed E-state index contributed by atoms with van der Waals surface area (Å²) in [6.07, 6.45) is 2.42. The predicted molar refractivity (Wildman–Crippen MR) is 106 cm³/mol. The number of nitrogens with zero attached hydrogens (tertiary/aromatic N) is 2. The molecule has 1 aliphatic rings. The Balaban J connectivity index is 2.26. The largest absolute Gasteiger partial charge is 0.497 e. The van der Waals surface area contributed by atoms with Gasteiger partial charge < -0.3 is 14.4 Å². The number of methoxy groups -OCH3 is 2. The van der Waals surface area contributed by atoms with Crippen molar-refractivity contribution in [3.63, 3.8) is 0 Å². The van der Waals surface area contributed by atoms with Crippen LogP contribution in [0.15, 0.2) is 24.3 Å². The van der Waals surface area contributed by atoms with Crippen molar-refractivity contribution < 1.29 is 27.5 Å². The molecule has 0 spiro atoms. The van der Waals surface area contributed by atoms with Crippen molar-refractivity contribution in [3.05, 3.63) is 24.3 Å². The van der Waals surface area contributed by atoms with Crippen LogP contribution in [0.4, 0.5) is 5.69 Å². The SMILES string of the molecule is CCC(C(=O)N1CCC(C(=O)OC)CC1)N(c1cccc(OC)c1)S(C)(=O)=O. The number of esters is 1. The van der Waals surface area contributed by atoms with Crippen LogP contribution in [0.3, 0.4) is 0 Å². The highest BCUT2D eigenvalue weighted by Gasteiger charge is 2.36. The summed E-state index contributed by atoms with van der Waals surface area (Å²) in [5.41, 5.74) is 0.381. The van der Waals surface area contributed by atoms with Crippen molar-refractivity contribution in [3.8, 4) is 5.75 Å². The minimum absolute atomic E-state index is 0.224. The van der Waals surface area contributed by atoms with E-state index in [1.54, 1.807) is 36.1 Å². The predicted octanol–water partition coefficient (Wildman–Crippen LogP) is 1.65. The fraction of sp³-hybridized carbons (Fsp3) is 0.579. The maximum absolute atomic E-state index is 13.2. The number of hydrogen-bond acceptors (Lipinski definition) is 6. The number of sulfonamides is 1. The first-order chi connectivity index (χ1) is 13.2. The van der Waals surface area contributed by atoms with E-state index < -0.39 is 16.1 Å². The molecule has 1 atom stereocenters. The van der Waals surface area contributed by atoms with E-state index in [1.807, 2.05) is 0 Å². The molecule has 1 amide bonds. The summed E-state index contributed by atoms with van der Waals surface area (Å²) in [4.78, 5) is 26.5. The minimum atomic E-state index is -3.71. The normalized spacial score (nSPS) is 16.4. The number of carbonyl (C=O) groups is 2. The molecule has 0 aliphatic carbocycles. The summed E-state index contributed by atoms with van der Waals surface area (Å²) in [5, 5.41) is 0. The number of benzene rings is 1. The Labute approximate surface area is 166 Å². The molecule has 1 heterocycles. The highest BCUT2D eigenvalue weighted by atomic mass is 32.2. The first kappa shape index (κ1) is 22.0. The average Bonchev–Trinajstić information content (AvgIpc) is 2.70. The summed E-state index contributed by atoms with van der Waals surface area (Å²) in [7, 11) is -0.860. The maximum Gasteiger partial charge on any atom is 0.308 e. The van der Waals surface area contributed by atoms with Crippen molar-refractivity contribution in [2.24, 2.45) is 5.92 Å². The molecule has 1 aromatic rings. The van der Waals surface area contributed by atoms with E-state index in [0.29, 0.717) is 43.8 Å². The Morgan fingerprint density at radius 3 is 2.39 bits per heavy atom. The van der Waals surface area contributed by atoms with Crippen LogP contribution in [0.5, 0.6) is 5.75 Å². The average molecular weight is 413 g/mol. The number of piperidine rings is 1. The van der Waals surface area contributed by atoms with Crippen molar-refractivity contribution >= 4 is 27.6 Å². The smallest absolute Gasteiger partial charge is 0.308 e. The molecule has 1 aliphatic heterocycles. The fourth-order valence-electron chi connectivity index (χ4n) is 3.50. The Morgan fingerprint density at radius 1 is 1.25 bits per heavy atom. The fourth-order valence-corrected chi connectivity index (χ4v) is 4.70. The standard InChI is InChI=1S/C19H28N2O6S/c1-5-17(18(22)20-11-9-14(10-12-20)19(23)27-3)21(28(4,24)25)15-7-6-8-16(13-15)26-2/h6-8,13-14,17H,5,9-12H2,1-4H3. The molecule has 8 nitrogen and oxygen atoms in total. The first-order valence-corrected chi connectivity index (χ1v) is 11.1. The van der Waals surface area contributed by atoms with E-state index in [2.05, 4.69) is 0 Å². The van der Waals surface area contributed by atoms with Gasteiger partial charge in [0.15, 0.2) is 0 Å². The van der Waals surface area contributed by atoms with E-state index in [-0.39, 0.29) is 17.8 Å². The summed E-state index contributed by atoms with van der Waals surface area (Å²) in [5.74, 6) is -0.252. The molecule has 1 aromatic carbocycles. The molecule has 2 rings (SSSR count). The van der Waals surface area contributed by atoms with Crippen molar-refractivity contribution in [2.75, 3.05) is 37.9 Å². The lowest BCUT2D eigenvalue weighted by Crippen LogP contribution is -2.52. The molecule has 1 unspecified atom stereocenters. The molecule has 1 saturated heterocycles. The number of hydrogen-bond donors (Lipinski definition) is 0. The number of likely N-dealkylation sites (tertiary alicyclic amines) is 1. The molecule has 0 radical (unpaired) electrons. The van der Waals surface area contributed by atoms with Crippen molar-refractivity contribution in [1.82, 2.24) is 4.90 Å². The van der Waals surface area contributed by atoms with Gasteiger partial charge in [-0.25, -0.2) is 8.42 Å². The third kappa shape index (κ3) is 4.95. The quantitative estimate of drug-likeness (QED) is 0.632. The van der Waals surface area contributed by atoms with Gasteiger partial charge in [-0.1, -0.05) is 13.0 Å². The summed E-state index contributed by atoms with van der Waals surface area (Å²) < 4.78 is 36.2. The van der Waals surface area contributed by atoms with Crippen LogP contribution in [-0.2, 0) is 24.3 Å². The molecule has 0 saturated carbocycles. The zero-order chi connectivity index (χ0) is 20.9. The third-order valence-corrected chi connectivity index (χ3v) is 6.14. The Kier molecular flexibility index (Phi) is 7.29. The van der Waals surface area contributed by atoms with Gasteiger partial charge in [0.25, 0.3) is 0 Å². The van der Waals surface area contributed by atoms with Crippen LogP contribution in [0, 0.1) is 5.92 Å². The van der Waals surface area contributed by atoms with E-state index in [0.717, 1.165) is 10.6 Å². The number of anilines is 1. The van der Waals surface area contributed by atoms with E-state index >= 15 is 0 Å². The van der Waals surface area contributed by atoms with Gasteiger partial charge >= 0.3 is 5.97 Å². The highest BCUT2D eigenvalue weighted by molar-refractivity contribution is 7.92. The summed E-state index contributed by atoms with van der Waals surface area (Å²) in [6.45, 7) is 2.57. The number of ether oxygens (including phenoxy) is 2. The Morgan fingerprint density at radius 2 is 1.89 bits per heavy atom. The number of carbonyl (C=O) groups excluding carboxylic acids is 2. The van der Waals surface area contributed by atoms with Crippen molar-refractivity contribution in [2.45, 2.75) is 32.2 Å². The lowest BCUT2D eigenvalue weighted by Gasteiger charge is -2.37. The van der Waals surface area contributed by atoms with Crippen LogP contribution < -0.4 is 9.04 Å². The van der Waals surface area contributed by atoms with Crippen LogP contribution >= 0.6 is 0 Å². The van der Waals surface area contributed by atoms with Crippen LogP contribution in [0.1, 0.15) is 26.2 Å².